The third-order valence-corrected chi connectivity index (χ3v) is 3.38. The van der Waals surface area contributed by atoms with Crippen LogP contribution in [0.1, 0.15) is 47.8 Å². The number of nitrogens with two attached hydrogens (primary N) is 1. The highest BCUT2D eigenvalue weighted by atomic mass is 35.5. The Labute approximate surface area is 123 Å². The average molecular weight is 296 g/mol. The fourth-order valence-electron chi connectivity index (χ4n) is 2.20. The predicted molar refractivity (Wildman–Crippen MR) is 76.7 cm³/mol. The molecule has 5 nitrogen and oxygen atoms in total. The third kappa shape index (κ3) is 3.00. The summed E-state index contributed by atoms with van der Waals surface area (Å²) in [5.74, 6) is 1.05. The van der Waals surface area contributed by atoms with Crippen LogP contribution in [0.25, 0.3) is 0 Å². The molecule has 0 bridgehead atoms. The minimum atomic E-state index is -0.386. The summed E-state index contributed by atoms with van der Waals surface area (Å²) in [5.41, 5.74) is 8.30. The molecule has 1 aromatic carbocycles. The van der Waals surface area contributed by atoms with Crippen molar-refractivity contribution in [3.63, 3.8) is 0 Å². The number of rotatable bonds is 3. The fraction of sp³-hybridized carbons (Fsp3) is 0.429. The number of nitrogens with zero attached hydrogens (tertiary/aromatic N) is 2. The first kappa shape index (κ1) is 15.0. The Morgan fingerprint density at radius 2 is 2.05 bits per heavy atom. The Balaban J connectivity index is 0.00000147. The van der Waals surface area contributed by atoms with E-state index in [1.165, 1.54) is 5.56 Å². The molecule has 0 aliphatic carbocycles. The number of benzene rings is 1. The Bertz CT molecular complexity index is 550. The summed E-state index contributed by atoms with van der Waals surface area (Å²) >= 11 is 0. The van der Waals surface area contributed by atoms with E-state index >= 15 is 0 Å². The second-order valence-corrected chi connectivity index (χ2v) is 4.88. The number of aromatic nitrogens is 2. The Morgan fingerprint density at radius 1 is 1.30 bits per heavy atom. The maximum absolute atomic E-state index is 6.14. The highest BCUT2D eigenvalue weighted by Gasteiger charge is 2.25. The topological polar surface area (TPSA) is 74.2 Å². The zero-order chi connectivity index (χ0) is 13.2. The molecule has 0 saturated carbocycles. The molecule has 2 unspecified atom stereocenters. The molecular formula is C14H18ClN3O2. The summed E-state index contributed by atoms with van der Waals surface area (Å²) in [7, 11) is 0. The first-order chi connectivity index (χ1) is 9.24. The van der Waals surface area contributed by atoms with Crippen molar-refractivity contribution in [2.75, 3.05) is 6.61 Å². The van der Waals surface area contributed by atoms with Crippen LogP contribution in [0.4, 0.5) is 0 Å². The zero-order valence-electron chi connectivity index (χ0n) is 11.3. The van der Waals surface area contributed by atoms with Crippen molar-refractivity contribution in [3.05, 3.63) is 47.1 Å². The van der Waals surface area contributed by atoms with Crippen LogP contribution in [-0.2, 0) is 4.74 Å². The van der Waals surface area contributed by atoms with E-state index in [4.69, 9.17) is 15.0 Å². The molecule has 20 heavy (non-hydrogen) atoms. The quantitative estimate of drug-likeness (QED) is 0.942. The minimum Gasteiger partial charge on any atom is -0.370 e. The molecule has 1 aliphatic rings. The molecule has 2 N–H and O–H groups in total. The van der Waals surface area contributed by atoms with Crippen LogP contribution in [0, 0.1) is 6.92 Å². The van der Waals surface area contributed by atoms with Crippen molar-refractivity contribution in [3.8, 4) is 0 Å². The minimum absolute atomic E-state index is 0. The molecule has 0 spiro atoms. The molecule has 2 atom stereocenters. The lowest BCUT2D eigenvalue weighted by molar-refractivity contribution is 0.103. The average Bonchev–Trinajstić information content (AvgIpc) is 3.10. The molecule has 1 fully saturated rings. The monoisotopic (exact) mass is 295 g/mol. The predicted octanol–water partition coefficient (Wildman–Crippen LogP) is 2.70. The van der Waals surface area contributed by atoms with Gasteiger partial charge in [-0.3, -0.25) is 0 Å². The van der Waals surface area contributed by atoms with Gasteiger partial charge in [0.05, 0.1) is 0 Å². The van der Waals surface area contributed by atoms with Gasteiger partial charge in [0.2, 0.25) is 11.7 Å². The molecule has 2 heterocycles. The van der Waals surface area contributed by atoms with Gasteiger partial charge in [0.15, 0.2) is 0 Å². The van der Waals surface area contributed by atoms with Gasteiger partial charge >= 0.3 is 0 Å². The normalized spacial score (nSPS) is 19.6. The highest BCUT2D eigenvalue weighted by molar-refractivity contribution is 5.85. The molecule has 1 aliphatic heterocycles. The summed E-state index contributed by atoms with van der Waals surface area (Å²) in [5, 5.41) is 3.97. The maximum Gasteiger partial charge on any atom is 0.248 e. The first-order valence-corrected chi connectivity index (χ1v) is 6.51. The second-order valence-electron chi connectivity index (χ2n) is 4.88. The van der Waals surface area contributed by atoms with E-state index in [2.05, 4.69) is 10.1 Å². The molecule has 1 aromatic heterocycles. The van der Waals surface area contributed by atoms with Crippen LogP contribution >= 0.6 is 12.4 Å². The van der Waals surface area contributed by atoms with Crippen LogP contribution in [0.3, 0.4) is 0 Å². The molecule has 108 valence electrons. The van der Waals surface area contributed by atoms with E-state index in [1.807, 2.05) is 31.2 Å². The third-order valence-electron chi connectivity index (χ3n) is 3.38. The number of aryl methyl sites for hydroxylation is 1. The fourth-order valence-corrected chi connectivity index (χ4v) is 2.20. The maximum atomic E-state index is 6.14. The van der Waals surface area contributed by atoms with Gasteiger partial charge in [0.1, 0.15) is 12.1 Å². The van der Waals surface area contributed by atoms with E-state index < -0.39 is 0 Å². The molecule has 3 rings (SSSR count). The van der Waals surface area contributed by atoms with E-state index in [9.17, 15) is 0 Å². The smallest absolute Gasteiger partial charge is 0.248 e. The summed E-state index contributed by atoms with van der Waals surface area (Å²) in [4.78, 5) is 4.36. The first-order valence-electron chi connectivity index (χ1n) is 6.51. The van der Waals surface area contributed by atoms with Crippen LogP contribution in [0.2, 0.25) is 0 Å². The van der Waals surface area contributed by atoms with Crippen LogP contribution < -0.4 is 5.73 Å². The largest absolute Gasteiger partial charge is 0.370 e. The van der Waals surface area contributed by atoms with Gasteiger partial charge in [-0.15, -0.1) is 12.4 Å². The summed E-state index contributed by atoms with van der Waals surface area (Å²) in [6.45, 7) is 2.80. The van der Waals surface area contributed by atoms with E-state index in [-0.39, 0.29) is 24.6 Å². The standard InChI is InChI=1S/C14H17N3O2.ClH/c1-9-4-6-10(7-5-9)12(15)14-16-13(17-19-14)11-3-2-8-18-11;/h4-7,11-12H,2-3,8,15H2,1H3;1H. The van der Waals surface area contributed by atoms with Crippen LogP contribution in [0.15, 0.2) is 28.8 Å². The van der Waals surface area contributed by atoms with Gasteiger partial charge in [-0.25, -0.2) is 0 Å². The van der Waals surface area contributed by atoms with Crippen LogP contribution in [-0.4, -0.2) is 16.7 Å². The molecule has 6 heteroatoms. The van der Waals surface area contributed by atoms with Gasteiger partial charge in [-0.1, -0.05) is 35.0 Å². The number of hydrogen-bond acceptors (Lipinski definition) is 5. The van der Waals surface area contributed by atoms with Gasteiger partial charge in [-0.2, -0.15) is 4.98 Å². The Kier molecular flexibility index (Phi) is 4.75. The van der Waals surface area contributed by atoms with Crippen LogP contribution in [0.5, 0.6) is 0 Å². The van der Waals surface area contributed by atoms with E-state index in [0.717, 1.165) is 25.0 Å². The van der Waals surface area contributed by atoms with Gasteiger partial charge in [-0.05, 0) is 25.3 Å². The van der Waals surface area contributed by atoms with E-state index in [1.54, 1.807) is 0 Å². The zero-order valence-corrected chi connectivity index (χ0v) is 12.1. The number of halogens is 1. The molecule has 0 amide bonds. The van der Waals surface area contributed by atoms with Crippen molar-refractivity contribution in [2.45, 2.75) is 31.9 Å². The summed E-state index contributed by atoms with van der Waals surface area (Å²) < 4.78 is 10.8. The SMILES string of the molecule is Cc1ccc(C(N)c2nc(C3CCCO3)no2)cc1.Cl. The highest BCUT2D eigenvalue weighted by Crippen LogP contribution is 2.27. The van der Waals surface area contributed by atoms with Gasteiger partial charge < -0.3 is 15.0 Å². The lowest BCUT2D eigenvalue weighted by Crippen LogP contribution is -2.12. The van der Waals surface area contributed by atoms with Crippen molar-refractivity contribution in [1.82, 2.24) is 10.1 Å². The number of ether oxygens (including phenoxy) is 1. The summed E-state index contributed by atoms with van der Waals surface area (Å²) in [6, 6.07) is 7.62. The van der Waals surface area contributed by atoms with Gasteiger partial charge in [0, 0.05) is 6.61 Å². The van der Waals surface area contributed by atoms with Crippen molar-refractivity contribution in [2.24, 2.45) is 5.73 Å². The Hall–Kier alpha value is -1.43. The Morgan fingerprint density at radius 3 is 2.70 bits per heavy atom. The number of hydrogen-bond donors (Lipinski definition) is 1. The van der Waals surface area contributed by atoms with Crippen molar-refractivity contribution in [1.29, 1.82) is 0 Å². The lowest BCUT2D eigenvalue weighted by atomic mass is 10.1. The molecular weight excluding hydrogens is 278 g/mol. The lowest BCUT2D eigenvalue weighted by Gasteiger charge is -2.07. The molecule has 2 aromatic rings. The van der Waals surface area contributed by atoms with Crippen molar-refractivity contribution >= 4 is 12.4 Å². The summed E-state index contributed by atoms with van der Waals surface area (Å²) in [6.07, 6.45) is 1.94. The van der Waals surface area contributed by atoms with Crippen molar-refractivity contribution < 1.29 is 9.26 Å². The molecule has 0 radical (unpaired) electrons. The van der Waals surface area contributed by atoms with E-state index in [0.29, 0.717) is 11.7 Å². The van der Waals surface area contributed by atoms with Gasteiger partial charge in [0.25, 0.3) is 0 Å². The molecule has 1 saturated heterocycles. The second kappa shape index (κ2) is 6.35.